The van der Waals surface area contributed by atoms with E-state index in [0.717, 1.165) is 75.5 Å². The number of carbonyl (C=O) groups is 1. The highest BCUT2D eigenvalue weighted by atomic mass is 32.2. The number of hydrogen-bond donors (Lipinski definition) is 2. The van der Waals surface area contributed by atoms with Gasteiger partial charge in [-0.2, -0.15) is 0 Å². The summed E-state index contributed by atoms with van der Waals surface area (Å²) >= 11 is 0. The van der Waals surface area contributed by atoms with E-state index in [4.69, 9.17) is 9.47 Å². The molecular formula is C46H56N6O7S. The fourth-order valence-corrected chi connectivity index (χ4v) is 11.9. The number of ether oxygens (including phenoxy) is 2. The monoisotopic (exact) mass is 836 g/mol. The minimum absolute atomic E-state index is 0.00457. The molecule has 4 saturated carbocycles. The van der Waals surface area contributed by atoms with E-state index in [1.54, 1.807) is 41.7 Å². The molecule has 60 heavy (non-hydrogen) atoms. The summed E-state index contributed by atoms with van der Waals surface area (Å²) in [6, 6.07) is 12.3. The van der Waals surface area contributed by atoms with Crippen LogP contribution in [0.3, 0.4) is 0 Å². The predicted octanol–water partition coefficient (Wildman–Crippen LogP) is 9.16. The predicted molar refractivity (Wildman–Crippen MR) is 230 cm³/mol. The maximum Gasteiger partial charge on any atom is 0.312 e. The van der Waals surface area contributed by atoms with Crippen molar-refractivity contribution in [1.82, 2.24) is 19.6 Å². The van der Waals surface area contributed by atoms with Gasteiger partial charge in [-0.1, -0.05) is 51.2 Å². The molecule has 0 unspecified atom stereocenters. The van der Waals surface area contributed by atoms with E-state index in [1.165, 1.54) is 57.1 Å². The second-order valence-electron chi connectivity index (χ2n) is 19.3. The van der Waals surface area contributed by atoms with Gasteiger partial charge < -0.3 is 19.4 Å². The number of aromatic amines is 1. The topological polar surface area (TPSA) is 160 Å². The number of pyridine rings is 1. The van der Waals surface area contributed by atoms with Gasteiger partial charge in [0.2, 0.25) is 0 Å². The lowest BCUT2D eigenvalue weighted by Crippen LogP contribution is -2.61. The molecule has 5 fully saturated rings. The van der Waals surface area contributed by atoms with Crippen LogP contribution < -0.4 is 19.1 Å². The van der Waals surface area contributed by atoms with Gasteiger partial charge in [-0.05, 0) is 110 Å². The Balaban J connectivity index is 0.922. The van der Waals surface area contributed by atoms with Crippen molar-refractivity contribution in [2.45, 2.75) is 96.3 Å². The minimum Gasteiger partial charge on any atom is -0.487 e. The van der Waals surface area contributed by atoms with Crippen LogP contribution in [0, 0.1) is 32.3 Å². The standard InChI is InChI=1S/C46H56N6O7S/c1-44(2)15-13-33(38(24-44)46-28-45(3,29-46)30-46)26-50-17-19-51(20-18-50)34-9-11-37(41(22-34)59-35-21-32-14-16-47-42(32)48-25-35)43(53)49-60(56,57)36-10-12-40(39(23-36)52(54)55)58-27-31-7-5-4-6-8-31/h9-12,14,16,21-23,25,31H,4-8,13,15,17-20,24,26-30H2,1-3H3,(H,47,48)(H,49,53). The molecule has 1 saturated heterocycles. The molecule has 3 heterocycles. The fourth-order valence-electron chi connectivity index (χ4n) is 10.9. The number of anilines is 1. The van der Waals surface area contributed by atoms with Crippen molar-refractivity contribution in [2.24, 2.45) is 22.2 Å². The first-order chi connectivity index (χ1) is 28.7. The van der Waals surface area contributed by atoms with Gasteiger partial charge in [0.1, 0.15) is 17.1 Å². The van der Waals surface area contributed by atoms with E-state index < -0.39 is 31.4 Å². The number of nitrogens with zero attached hydrogens (tertiary/aromatic N) is 4. The zero-order chi connectivity index (χ0) is 41.9. The number of carbonyl (C=O) groups excluding carboxylic acids is 1. The van der Waals surface area contributed by atoms with Crippen molar-refractivity contribution in [3.05, 3.63) is 87.7 Å². The number of piperazine rings is 1. The van der Waals surface area contributed by atoms with E-state index in [2.05, 4.69) is 45.3 Å². The van der Waals surface area contributed by atoms with Crippen molar-refractivity contribution >= 4 is 38.3 Å². The number of nitrogens with one attached hydrogen (secondary N) is 2. The molecule has 2 N–H and O–H groups in total. The summed E-state index contributed by atoms with van der Waals surface area (Å²) in [4.78, 5) is 37.2. The lowest BCUT2D eigenvalue weighted by molar-refractivity contribution is -0.386. The molecule has 4 aromatic rings. The zero-order valence-electron chi connectivity index (χ0n) is 34.9. The van der Waals surface area contributed by atoms with E-state index in [0.29, 0.717) is 40.2 Å². The average Bonchev–Trinajstić information content (AvgIpc) is 3.68. The number of amides is 1. The maximum absolute atomic E-state index is 13.9. The van der Waals surface area contributed by atoms with Gasteiger partial charge >= 0.3 is 5.69 Å². The molecular weight excluding hydrogens is 781 g/mol. The second kappa shape index (κ2) is 15.5. The molecule has 2 aromatic heterocycles. The Bertz CT molecular complexity index is 2440. The summed E-state index contributed by atoms with van der Waals surface area (Å²) < 4.78 is 41.6. The number of hydrogen-bond acceptors (Lipinski definition) is 10. The maximum atomic E-state index is 13.9. The first-order valence-corrected chi connectivity index (χ1v) is 23.1. The van der Waals surface area contributed by atoms with Crippen LogP contribution >= 0.6 is 0 Å². The molecule has 5 aliphatic carbocycles. The van der Waals surface area contributed by atoms with Crippen molar-refractivity contribution in [3.63, 3.8) is 0 Å². The normalized spacial score (nSPS) is 24.4. The lowest BCUT2D eigenvalue weighted by Gasteiger charge is -2.72. The fraction of sp³-hybridized carbons (Fsp3) is 0.522. The van der Waals surface area contributed by atoms with Crippen molar-refractivity contribution in [1.29, 1.82) is 0 Å². The van der Waals surface area contributed by atoms with E-state index >= 15 is 0 Å². The molecule has 0 atom stereocenters. The Labute approximate surface area is 352 Å². The molecule has 10 rings (SSSR count). The second-order valence-corrected chi connectivity index (χ2v) is 21.0. The summed E-state index contributed by atoms with van der Waals surface area (Å²) in [5, 5.41) is 12.9. The van der Waals surface area contributed by atoms with Gasteiger partial charge in [0.05, 0.1) is 28.2 Å². The van der Waals surface area contributed by atoms with Crippen LogP contribution in [0.15, 0.2) is 77.0 Å². The molecule has 0 radical (unpaired) electrons. The van der Waals surface area contributed by atoms with Crippen LogP contribution in [-0.4, -0.2) is 73.4 Å². The van der Waals surface area contributed by atoms with Crippen molar-refractivity contribution in [2.75, 3.05) is 44.2 Å². The minimum atomic E-state index is -4.55. The van der Waals surface area contributed by atoms with Gasteiger partial charge in [0.15, 0.2) is 5.75 Å². The Morgan fingerprint density at radius 2 is 1.75 bits per heavy atom. The molecule has 13 nitrogen and oxygen atoms in total. The third kappa shape index (κ3) is 8.12. The van der Waals surface area contributed by atoms with E-state index in [1.807, 2.05) is 12.1 Å². The third-order valence-electron chi connectivity index (χ3n) is 13.9. The van der Waals surface area contributed by atoms with E-state index in [-0.39, 0.29) is 17.1 Å². The SMILES string of the molecule is CC1(C)CCC(CN2CCN(c3ccc(C(=O)NS(=O)(=O)c4ccc(OCC5CCCCC5)c([N+](=O)[O-])c4)c(Oc4cnc5[nH]ccc5c4)c3)CC2)=C(C23CC(C)(C2)C3)C1. The zero-order valence-corrected chi connectivity index (χ0v) is 35.7. The third-order valence-corrected chi connectivity index (χ3v) is 15.3. The molecule has 2 bridgehead atoms. The Hall–Kier alpha value is -4.95. The number of sulfonamides is 1. The largest absolute Gasteiger partial charge is 0.487 e. The van der Waals surface area contributed by atoms with Gasteiger partial charge in [-0.3, -0.25) is 19.8 Å². The van der Waals surface area contributed by atoms with Crippen LogP contribution in [0.5, 0.6) is 17.2 Å². The van der Waals surface area contributed by atoms with Crippen LogP contribution in [-0.2, 0) is 10.0 Å². The Morgan fingerprint density at radius 3 is 2.48 bits per heavy atom. The number of H-pyrrole nitrogens is 1. The number of nitro benzene ring substituents is 1. The molecule has 0 spiro atoms. The molecule has 6 aliphatic rings. The number of allylic oxidation sites excluding steroid dienone is 1. The smallest absolute Gasteiger partial charge is 0.312 e. The summed E-state index contributed by atoms with van der Waals surface area (Å²) in [5.74, 6) is -0.114. The van der Waals surface area contributed by atoms with Gasteiger partial charge in [-0.25, -0.2) is 18.1 Å². The van der Waals surface area contributed by atoms with E-state index in [9.17, 15) is 23.3 Å². The summed E-state index contributed by atoms with van der Waals surface area (Å²) in [6.45, 7) is 12.0. The first kappa shape index (κ1) is 40.5. The van der Waals surface area contributed by atoms with Crippen LogP contribution in [0.25, 0.3) is 11.0 Å². The molecule has 318 valence electrons. The number of benzene rings is 2. The number of nitro groups is 1. The number of fused-ring (bicyclic) bond motifs is 1. The van der Waals surface area contributed by atoms with Crippen molar-refractivity contribution < 1.29 is 27.6 Å². The van der Waals surface area contributed by atoms with Gasteiger partial charge in [-0.15, -0.1) is 0 Å². The summed E-state index contributed by atoms with van der Waals surface area (Å²) in [6.07, 6.45) is 16.4. The molecule has 2 aromatic carbocycles. The first-order valence-electron chi connectivity index (χ1n) is 21.6. The number of rotatable bonds is 13. The molecule has 1 aliphatic heterocycles. The van der Waals surface area contributed by atoms with Gasteiger partial charge in [0.25, 0.3) is 15.9 Å². The average molecular weight is 837 g/mol. The summed E-state index contributed by atoms with van der Waals surface area (Å²) in [5.41, 5.74) is 5.86. The highest BCUT2D eigenvalue weighted by Gasteiger charge is 2.66. The molecule has 1 amide bonds. The molecule has 14 heteroatoms. The Kier molecular flexibility index (Phi) is 10.5. The van der Waals surface area contributed by atoms with Gasteiger partial charge in [0, 0.05) is 62.1 Å². The van der Waals surface area contributed by atoms with Crippen LogP contribution in [0.1, 0.15) is 102 Å². The Morgan fingerprint density at radius 1 is 0.983 bits per heavy atom. The number of aromatic nitrogens is 2. The summed E-state index contributed by atoms with van der Waals surface area (Å²) in [7, 11) is -4.55. The quantitative estimate of drug-likeness (QED) is 0.0755. The van der Waals surface area contributed by atoms with Crippen LogP contribution in [0.2, 0.25) is 0 Å². The highest BCUT2D eigenvalue weighted by Crippen LogP contribution is 2.77. The van der Waals surface area contributed by atoms with Crippen molar-refractivity contribution in [3.8, 4) is 17.2 Å². The highest BCUT2D eigenvalue weighted by molar-refractivity contribution is 7.90. The van der Waals surface area contributed by atoms with Crippen LogP contribution in [0.4, 0.5) is 11.4 Å². The lowest BCUT2D eigenvalue weighted by atomic mass is 9.33.